The van der Waals surface area contributed by atoms with Crippen LogP contribution < -0.4 is 14.8 Å². The maximum atomic E-state index is 13.3. The first-order valence-electron chi connectivity index (χ1n) is 11.7. The number of fused-ring (bicyclic) bond motifs is 3. The van der Waals surface area contributed by atoms with Crippen LogP contribution in [-0.4, -0.2) is 47.7 Å². The van der Waals surface area contributed by atoms with Gasteiger partial charge >= 0.3 is 6.09 Å². The molecule has 6 rings (SSSR count). The lowest BCUT2D eigenvalue weighted by atomic mass is 10.0. The number of benzene rings is 2. The largest absolute Gasteiger partial charge is 0.485 e. The van der Waals surface area contributed by atoms with Crippen LogP contribution in [0.1, 0.15) is 17.4 Å². The fourth-order valence-electron chi connectivity index (χ4n) is 4.41. The van der Waals surface area contributed by atoms with Crippen LogP contribution in [0.15, 0.2) is 48.5 Å². The fourth-order valence-corrected chi connectivity index (χ4v) is 6.79. The van der Waals surface area contributed by atoms with Gasteiger partial charge in [0, 0.05) is 17.0 Å². The number of hydrogen-bond donors (Lipinski definition) is 1. The van der Waals surface area contributed by atoms with Crippen LogP contribution in [0.2, 0.25) is 0 Å². The van der Waals surface area contributed by atoms with Crippen LogP contribution >= 0.6 is 22.7 Å². The number of anilines is 1. The first-order chi connectivity index (χ1) is 17.6. The molecule has 0 bridgehead atoms. The molecule has 4 aromatic rings. The van der Waals surface area contributed by atoms with Crippen LogP contribution in [-0.2, 0) is 22.5 Å². The van der Waals surface area contributed by atoms with Crippen LogP contribution in [0.25, 0.3) is 20.8 Å². The minimum Gasteiger partial charge on any atom is -0.485 e. The van der Waals surface area contributed by atoms with Crippen molar-refractivity contribution in [1.29, 1.82) is 0 Å². The molecule has 2 aliphatic heterocycles. The van der Waals surface area contributed by atoms with Crippen LogP contribution in [0.5, 0.6) is 11.5 Å². The van der Waals surface area contributed by atoms with Gasteiger partial charge in [-0.15, -0.1) is 22.7 Å². The summed E-state index contributed by atoms with van der Waals surface area (Å²) in [6.07, 6.45) is -0.448. The molecule has 0 saturated carbocycles. The van der Waals surface area contributed by atoms with Crippen molar-refractivity contribution in [2.45, 2.75) is 26.0 Å². The van der Waals surface area contributed by atoms with E-state index in [2.05, 4.69) is 5.32 Å². The first-order valence-corrected chi connectivity index (χ1v) is 13.4. The fraction of sp³-hybridized carbons (Fsp3) is 0.269. The molecule has 1 N–H and O–H groups in total. The second kappa shape index (κ2) is 9.44. The van der Waals surface area contributed by atoms with Gasteiger partial charge in [-0.3, -0.25) is 4.79 Å². The van der Waals surface area contributed by atoms with E-state index in [0.29, 0.717) is 42.6 Å². The Morgan fingerprint density at radius 2 is 1.94 bits per heavy atom. The highest BCUT2D eigenvalue weighted by Crippen LogP contribution is 2.46. The molecule has 2 aromatic carbocycles. The quantitative estimate of drug-likeness (QED) is 0.391. The average Bonchev–Trinajstić information content (AvgIpc) is 3.48. The number of nitrogens with zero attached hydrogens (tertiary/aromatic N) is 2. The lowest BCUT2D eigenvalue weighted by Crippen LogP contribution is -2.40. The summed E-state index contributed by atoms with van der Waals surface area (Å²) in [5.74, 6) is 0.890. The molecule has 2 aromatic heterocycles. The van der Waals surface area contributed by atoms with Crippen molar-refractivity contribution < 1.29 is 23.8 Å². The van der Waals surface area contributed by atoms with E-state index in [4.69, 9.17) is 19.2 Å². The van der Waals surface area contributed by atoms with Crippen LogP contribution in [0, 0.1) is 0 Å². The number of amides is 2. The van der Waals surface area contributed by atoms with E-state index in [1.165, 1.54) is 11.3 Å². The molecular formula is C26H23N3O5S2. The number of nitrogens with one attached hydrogen (secondary N) is 1. The molecule has 0 aliphatic carbocycles. The molecule has 1 atom stereocenters. The maximum absolute atomic E-state index is 13.3. The number of thiophene rings is 1. The smallest absolute Gasteiger partial charge is 0.410 e. The Bertz CT molecular complexity index is 1430. The number of aromatic nitrogens is 1. The van der Waals surface area contributed by atoms with Gasteiger partial charge in [0.2, 0.25) is 6.10 Å². The zero-order chi connectivity index (χ0) is 24.6. The van der Waals surface area contributed by atoms with Gasteiger partial charge in [-0.1, -0.05) is 24.3 Å². The number of thiazole rings is 1. The Kier molecular flexibility index (Phi) is 5.98. The predicted molar refractivity (Wildman–Crippen MR) is 139 cm³/mol. The summed E-state index contributed by atoms with van der Waals surface area (Å²) in [6.45, 7) is 3.23. The Hall–Kier alpha value is -3.63. The number of rotatable bonds is 4. The molecule has 8 nitrogen and oxygen atoms in total. The number of carbonyl (C=O) groups excluding carboxylic acids is 2. The monoisotopic (exact) mass is 521 g/mol. The molecule has 184 valence electrons. The van der Waals surface area contributed by atoms with Gasteiger partial charge in [-0.25, -0.2) is 9.78 Å². The van der Waals surface area contributed by atoms with Crippen molar-refractivity contribution in [3.8, 4) is 22.1 Å². The molecule has 2 aliphatic rings. The Labute approximate surface area is 215 Å². The van der Waals surface area contributed by atoms with Crippen LogP contribution in [0.3, 0.4) is 0 Å². The Morgan fingerprint density at radius 1 is 1.14 bits per heavy atom. The number of para-hydroxylation sites is 3. The van der Waals surface area contributed by atoms with Gasteiger partial charge in [0.25, 0.3) is 5.91 Å². The summed E-state index contributed by atoms with van der Waals surface area (Å²) < 4.78 is 18.0. The van der Waals surface area contributed by atoms with E-state index < -0.39 is 6.10 Å². The normalized spacial score (nSPS) is 16.5. The summed E-state index contributed by atoms with van der Waals surface area (Å²) in [6, 6.07) is 15.3. The zero-order valence-electron chi connectivity index (χ0n) is 19.5. The van der Waals surface area contributed by atoms with Gasteiger partial charge in [0.05, 0.1) is 23.4 Å². The zero-order valence-corrected chi connectivity index (χ0v) is 21.1. The molecule has 2 amide bonds. The summed E-state index contributed by atoms with van der Waals surface area (Å²) in [7, 11) is 0. The van der Waals surface area contributed by atoms with Gasteiger partial charge in [0.15, 0.2) is 11.5 Å². The molecule has 4 heterocycles. The van der Waals surface area contributed by atoms with Crippen molar-refractivity contribution in [2.75, 3.05) is 25.1 Å². The van der Waals surface area contributed by atoms with E-state index in [1.54, 1.807) is 29.2 Å². The molecule has 10 heteroatoms. The third kappa shape index (κ3) is 4.16. The summed E-state index contributed by atoms with van der Waals surface area (Å²) >= 11 is 3.07. The minimum atomic E-state index is -0.779. The van der Waals surface area contributed by atoms with E-state index >= 15 is 0 Å². The van der Waals surface area contributed by atoms with Crippen molar-refractivity contribution in [3.63, 3.8) is 0 Å². The molecule has 0 spiro atoms. The standard InChI is InChI=1S/C26H23N3O5S2/c1-2-32-26(31)29-12-11-15-21(13-29)36-25(22(15)24-27-16-7-3-6-10-20(16)35-24)28-23(30)19-14-33-17-8-4-5-9-18(17)34-19/h3-10,19H,2,11-14H2,1H3,(H,28,30). The highest BCUT2D eigenvalue weighted by atomic mass is 32.1. The topological polar surface area (TPSA) is 90.0 Å². The highest BCUT2D eigenvalue weighted by molar-refractivity contribution is 7.23. The molecule has 1 unspecified atom stereocenters. The van der Waals surface area contributed by atoms with Crippen molar-refractivity contribution in [1.82, 2.24) is 9.88 Å². The average molecular weight is 522 g/mol. The molecule has 0 radical (unpaired) electrons. The summed E-state index contributed by atoms with van der Waals surface area (Å²) in [4.78, 5) is 33.3. The lowest BCUT2D eigenvalue weighted by molar-refractivity contribution is -0.125. The third-order valence-corrected chi connectivity index (χ3v) is 8.31. The lowest BCUT2D eigenvalue weighted by Gasteiger charge is -2.26. The second-order valence-corrected chi connectivity index (χ2v) is 10.6. The number of hydrogen-bond acceptors (Lipinski definition) is 8. The maximum Gasteiger partial charge on any atom is 0.410 e. The first kappa shape index (κ1) is 22.8. The molecule has 0 fully saturated rings. The minimum absolute atomic E-state index is 0.126. The Balaban J connectivity index is 1.34. The second-order valence-electron chi connectivity index (χ2n) is 8.42. The van der Waals surface area contributed by atoms with Crippen molar-refractivity contribution >= 4 is 49.9 Å². The van der Waals surface area contributed by atoms with Crippen molar-refractivity contribution in [3.05, 3.63) is 59.0 Å². The van der Waals surface area contributed by atoms with Gasteiger partial charge < -0.3 is 24.4 Å². The summed E-state index contributed by atoms with van der Waals surface area (Å²) in [5.41, 5.74) is 2.95. The van der Waals surface area contributed by atoms with Gasteiger partial charge in [-0.05, 0) is 43.2 Å². The molecule has 0 saturated heterocycles. The van der Waals surface area contributed by atoms with E-state index in [0.717, 1.165) is 31.2 Å². The molecule has 36 heavy (non-hydrogen) atoms. The molecular weight excluding hydrogens is 498 g/mol. The number of ether oxygens (including phenoxy) is 3. The predicted octanol–water partition coefficient (Wildman–Crippen LogP) is 5.32. The van der Waals surface area contributed by atoms with Gasteiger partial charge in [-0.2, -0.15) is 0 Å². The summed E-state index contributed by atoms with van der Waals surface area (Å²) in [5, 5.41) is 4.64. The number of carbonyl (C=O) groups is 2. The highest BCUT2D eigenvalue weighted by Gasteiger charge is 2.32. The van der Waals surface area contributed by atoms with E-state index in [9.17, 15) is 9.59 Å². The third-order valence-electron chi connectivity index (χ3n) is 6.13. The SMILES string of the molecule is CCOC(=O)N1CCc2c(sc(NC(=O)C3COc4ccccc4O3)c2-c2nc3ccccc3s2)C1. The van der Waals surface area contributed by atoms with E-state index in [-0.39, 0.29) is 18.6 Å². The van der Waals surface area contributed by atoms with E-state index in [1.807, 2.05) is 42.5 Å². The Morgan fingerprint density at radius 3 is 2.78 bits per heavy atom. The van der Waals surface area contributed by atoms with Crippen molar-refractivity contribution in [2.24, 2.45) is 0 Å². The van der Waals surface area contributed by atoms with Gasteiger partial charge in [0.1, 0.15) is 16.6 Å². The van der Waals surface area contributed by atoms with Crippen LogP contribution in [0.4, 0.5) is 9.80 Å².